The van der Waals surface area contributed by atoms with Crippen molar-refractivity contribution in [1.82, 2.24) is 5.32 Å². The van der Waals surface area contributed by atoms with Gasteiger partial charge in [-0.1, -0.05) is 63.3 Å². The first-order valence-corrected chi connectivity index (χ1v) is 16.3. The monoisotopic (exact) mass is 550 g/mol. The third kappa shape index (κ3) is 6.32. The molecule has 0 saturated heterocycles. The Kier molecular flexibility index (Phi) is 9.36. The van der Waals surface area contributed by atoms with Gasteiger partial charge in [0.05, 0.1) is 5.70 Å². The molecule has 0 heterocycles. The molecule has 2 saturated carbocycles. The summed E-state index contributed by atoms with van der Waals surface area (Å²) in [6.45, 7) is 12.6. The Balaban J connectivity index is 1.63. The van der Waals surface area contributed by atoms with E-state index in [-0.39, 0.29) is 22.4 Å². The van der Waals surface area contributed by atoms with Gasteiger partial charge in [0.25, 0.3) is 0 Å². The number of Topliss-reactive ketones (excluding diaryl/α,β-unsaturated/α-hetero) is 1. The molecule has 0 spiro atoms. The third-order valence-corrected chi connectivity index (χ3v) is 10.8. The summed E-state index contributed by atoms with van der Waals surface area (Å²) < 4.78 is 11.5. The number of benzene rings is 1. The molecule has 3 aliphatic carbocycles. The smallest absolute Gasteiger partial charge is 0.210 e. The molecule has 0 unspecified atom stereocenters. The molecule has 0 amide bonds. The minimum atomic E-state index is -0.887. The van der Waals surface area contributed by atoms with Crippen molar-refractivity contribution in [3.8, 4) is 0 Å². The van der Waals surface area contributed by atoms with Gasteiger partial charge < -0.3 is 10.4 Å². The van der Waals surface area contributed by atoms with E-state index in [0.29, 0.717) is 60.5 Å². The lowest BCUT2D eigenvalue weighted by molar-refractivity contribution is -0.111. The zero-order chi connectivity index (χ0) is 28.2. The maximum Gasteiger partial charge on any atom is 0.210 e. The standard InChI is InChI=1S/C33H46N2O3S/c1-23-11-9-14-29-32(23,3)17-15-24(2)33(29,4)22-26-30(36)27(34-18-10-20-39(5)38)21-28(31(26)37)35-19-16-25-12-7-6-8-13-25/h6-8,12-13,21,24,29,35,37H,1,9-11,14-20,22H2,2-5H3/t24-,29+,32+,33+,39+/m0/s1. The van der Waals surface area contributed by atoms with E-state index in [4.69, 9.17) is 0 Å². The van der Waals surface area contributed by atoms with Crippen LogP contribution in [-0.2, 0) is 22.0 Å². The van der Waals surface area contributed by atoms with E-state index in [1.165, 1.54) is 11.1 Å². The average molecular weight is 551 g/mol. The molecule has 1 aromatic carbocycles. The molecule has 1 aromatic rings. The van der Waals surface area contributed by atoms with Crippen LogP contribution in [0.3, 0.4) is 0 Å². The number of nitrogens with one attached hydrogen (secondary N) is 1. The zero-order valence-electron chi connectivity index (χ0n) is 24.2. The number of aliphatic hydroxyl groups excluding tert-OH is 1. The van der Waals surface area contributed by atoms with Crippen molar-refractivity contribution in [3.63, 3.8) is 0 Å². The fourth-order valence-corrected chi connectivity index (χ4v) is 7.75. The number of carbonyl (C=O) groups is 1. The maximum absolute atomic E-state index is 13.8. The van der Waals surface area contributed by atoms with Crippen LogP contribution in [0, 0.1) is 22.7 Å². The van der Waals surface area contributed by atoms with E-state index in [9.17, 15) is 14.1 Å². The first kappa shape index (κ1) is 29.5. The summed E-state index contributed by atoms with van der Waals surface area (Å²) >= 11 is 0. The second-order valence-electron chi connectivity index (χ2n) is 12.4. The van der Waals surface area contributed by atoms with Crippen LogP contribution < -0.4 is 5.32 Å². The van der Waals surface area contributed by atoms with Crippen molar-refractivity contribution in [2.75, 3.05) is 25.1 Å². The molecule has 5 nitrogen and oxygen atoms in total. The van der Waals surface area contributed by atoms with Crippen molar-refractivity contribution in [2.45, 2.75) is 72.1 Å². The topological polar surface area (TPSA) is 78.8 Å². The van der Waals surface area contributed by atoms with E-state index in [1.54, 1.807) is 12.3 Å². The summed E-state index contributed by atoms with van der Waals surface area (Å²) in [5.74, 6) is 1.30. The molecule has 0 radical (unpaired) electrons. The number of rotatable bonds is 10. The van der Waals surface area contributed by atoms with Gasteiger partial charge in [-0.2, -0.15) is 0 Å². The summed E-state index contributed by atoms with van der Waals surface area (Å²) in [4.78, 5) is 18.5. The molecule has 39 heavy (non-hydrogen) atoms. The van der Waals surface area contributed by atoms with Crippen LogP contribution in [-0.4, -0.2) is 45.9 Å². The second kappa shape index (κ2) is 12.4. The average Bonchev–Trinajstić information content (AvgIpc) is 2.91. The number of fused-ring (bicyclic) bond motifs is 1. The predicted molar refractivity (Wildman–Crippen MR) is 162 cm³/mol. The van der Waals surface area contributed by atoms with E-state index < -0.39 is 10.8 Å². The summed E-state index contributed by atoms with van der Waals surface area (Å²) in [6, 6.07) is 10.2. The Morgan fingerprint density at radius 1 is 1.21 bits per heavy atom. The molecule has 6 heteroatoms. The highest BCUT2D eigenvalue weighted by Crippen LogP contribution is 2.63. The SMILES string of the molecule is C=C1CCC[C@H]2[C@](C)(CC3=C(O)C(NCCc4ccccc4)=CC(=NCCC[S@@](C)=O)C3=O)[C@@H](C)CC[C@]12C. The maximum atomic E-state index is 13.8. The highest BCUT2D eigenvalue weighted by atomic mass is 32.2. The molecular formula is C33H46N2O3S. The number of aliphatic hydroxyl groups is 1. The molecule has 0 aromatic heterocycles. The van der Waals surface area contributed by atoms with Crippen LogP contribution in [0.15, 0.2) is 70.6 Å². The first-order chi connectivity index (χ1) is 18.6. The third-order valence-electron chi connectivity index (χ3n) is 9.90. The van der Waals surface area contributed by atoms with E-state index >= 15 is 0 Å². The minimum Gasteiger partial charge on any atom is -0.505 e. The number of hydrogen-bond acceptors (Lipinski definition) is 5. The fraction of sp³-hybridized carbons (Fsp3) is 0.576. The van der Waals surface area contributed by atoms with Gasteiger partial charge in [-0.3, -0.25) is 14.0 Å². The van der Waals surface area contributed by atoms with Crippen LogP contribution in [0.5, 0.6) is 0 Å². The van der Waals surface area contributed by atoms with Crippen LogP contribution in [0.4, 0.5) is 0 Å². The Hall–Kier alpha value is -2.47. The molecule has 4 rings (SSSR count). The lowest BCUT2D eigenvalue weighted by atomic mass is 9.46. The number of ketones is 1. The van der Waals surface area contributed by atoms with Crippen molar-refractivity contribution in [1.29, 1.82) is 0 Å². The van der Waals surface area contributed by atoms with Crippen LogP contribution in [0.2, 0.25) is 0 Å². The van der Waals surface area contributed by atoms with Crippen LogP contribution >= 0.6 is 0 Å². The first-order valence-electron chi connectivity index (χ1n) is 14.6. The molecule has 212 valence electrons. The van der Waals surface area contributed by atoms with Crippen molar-refractivity contribution >= 4 is 22.3 Å². The molecule has 0 bridgehead atoms. The number of allylic oxidation sites excluding steroid dienone is 3. The van der Waals surface area contributed by atoms with Gasteiger partial charge in [-0.05, 0) is 85.7 Å². The van der Waals surface area contributed by atoms with Crippen molar-refractivity contribution in [3.05, 3.63) is 71.2 Å². The summed E-state index contributed by atoms with van der Waals surface area (Å²) in [6.07, 6.45) is 11.0. The lowest BCUT2D eigenvalue weighted by Gasteiger charge is -2.59. The van der Waals surface area contributed by atoms with Crippen LogP contribution in [0.25, 0.3) is 0 Å². The highest BCUT2D eigenvalue weighted by molar-refractivity contribution is 7.84. The highest BCUT2D eigenvalue weighted by Gasteiger charge is 2.54. The molecule has 2 fully saturated rings. The number of hydrogen-bond donors (Lipinski definition) is 2. The number of nitrogens with zero attached hydrogens (tertiary/aromatic N) is 1. The summed E-state index contributed by atoms with van der Waals surface area (Å²) in [7, 11) is -0.887. The Labute approximate surface area is 237 Å². The Morgan fingerprint density at radius 2 is 1.95 bits per heavy atom. The van der Waals surface area contributed by atoms with E-state index in [1.807, 2.05) is 18.2 Å². The largest absolute Gasteiger partial charge is 0.505 e. The van der Waals surface area contributed by atoms with Gasteiger partial charge in [0.2, 0.25) is 5.78 Å². The summed E-state index contributed by atoms with van der Waals surface area (Å²) in [5.41, 5.74) is 3.94. The fourth-order valence-electron chi connectivity index (χ4n) is 7.21. The minimum absolute atomic E-state index is 0.0667. The second-order valence-corrected chi connectivity index (χ2v) is 13.9. The van der Waals surface area contributed by atoms with Gasteiger partial charge in [-0.25, -0.2) is 0 Å². The Bertz CT molecular complexity index is 1200. The van der Waals surface area contributed by atoms with Crippen molar-refractivity contribution < 1.29 is 14.1 Å². The predicted octanol–water partition coefficient (Wildman–Crippen LogP) is 6.50. The quantitative estimate of drug-likeness (QED) is 0.198. The molecule has 2 N–H and O–H groups in total. The van der Waals surface area contributed by atoms with Gasteiger partial charge in [0, 0.05) is 41.5 Å². The van der Waals surface area contributed by atoms with E-state index in [2.05, 4.69) is 49.8 Å². The van der Waals surface area contributed by atoms with Gasteiger partial charge in [-0.15, -0.1) is 0 Å². The van der Waals surface area contributed by atoms with Crippen molar-refractivity contribution in [2.24, 2.45) is 27.7 Å². The van der Waals surface area contributed by atoms with Gasteiger partial charge in [0.15, 0.2) is 0 Å². The van der Waals surface area contributed by atoms with E-state index in [0.717, 1.165) is 38.5 Å². The molecule has 3 aliphatic rings. The van der Waals surface area contributed by atoms with Gasteiger partial charge in [0.1, 0.15) is 11.5 Å². The normalized spacial score (nSPS) is 31.2. The van der Waals surface area contributed by atoms with Gasteiger partial charge >= 0.3 is 0 Å². The zero-order valence-corrected chi connectivity index (χ0v) is 25.0. The Morgan fingerprint density at radius 3 is 2.67 bits per heavy atom. The molecule has 5 atom stereocenters. The lowest BCUT2D eigenvalue weighted by Crippen LogP contribution is -2.51. The van der Waals surface area contributed by atoms with Crippen LogP contribution in [0.1, 0.15) is 71.3 Å². The number of carbonyl (C=O) groups excluding carboxylic acids is 1. The number of aliphatic imine (C=N–C) groups is 1. The summed E-state index contributed by atoms with van der Waals surface area (Å²) in [5, 5.41) is 14.9. The molecular weight excluding hydrogens is 504 g/mol. The molecule has 0 aliphatic heterocycles.